The van der Waals surface area contributed by atoms with Gasteiger partial charge in [0.1, 0.15) is 5.75 Å². The third kappa shape index (κ3) is 4.89. The van der Waals surface area contributed by atoms with Crippen LogP contribution in [0.1, 0.15) is 35.8 Å². The monoisotopic (exact) mass is 334 g/mol. The highest BCUT2D eigenvalue weighted by Crippen LogP contribution is 2.24. The summed E-state index contributed by atoms with van der Waals surface area (Å²) in [6.07, 6.45) is 0. The van der Waals surface area contributed by atoms with E-state index in [0.717, 1.165) is 11.3 Å². The fraction of sp³-hybridized carbons (Fsp3) is 0.278. The number of anilines is 1. The summed E-state index contributed by atoms with van der Waals surface area (Å²) in [6, 6.07) is 14.7. The summed E-state index contributed by atoms with van der Waals surface area (Å²) in [5.41, 5.74) is 7.94. The molecule has 0 aliphatic rings. The summed E-state index contributed by atoms with van der Waals surface area (Å²) >= 11 is 0. The van der Waals surface area contributed by atoms with E-state index in [-0.39, 0.29) is 30.3 Å². The van der Waals surface area contributed by atoms with Crippen LogP contribution in [-0.2, 0) is 0 Å². The minimum absolute atomic E-state index is 0. The van der Waals surface area contributed by atoms with Crippen molar-refractivity contribution in [2.45, 2.75) is 19.9 Å². The lowest BCUT2D eigenvalue weighted by Crippen LogP contribution is -2.31. The van der Waals surface area contributed by atoms with Crippen molar-refractivity contribution in [3.63, 3.8) is 0 Å². The number of halogens is 1. The van der Waals surface area contributed by atoms with Crippen LogP contribution in [0.25, 0.3) is 0 Å². The molecular weight excluding hydrogens is 312 g/mol. The molecule has 2 aromatic rings. The minimum atomic E-state index is -0.123. The predicted octanol–water partition coefficient (Wildman–Crippen LogP) is 3.83. The van der Waals surface area contributed by atoms with Crippen molar-refractivity contribution in [2.24, 2.45) is 5.92 Å². The second kappa shape index (κ2) is 8.44. The van der Waals surface area contributed by atoms with Crippen molar-refractivity contribution in [3.05, 3.63) is 59.7 Å². The second-order valence-corrected chi connectivity index (χ2v) is 5.59. The average Bonchev–Trinajstić information content (AvgIpc) is 2.52. The second-order valence-electron chi connectivity index (χ2n) is 5.59. The lowest BCUT2D eigenvalue weighted by molar-refractivity contribution is 0.0925. The fourth-order valence-corrected chi connectivity index (χ4v) is 2.35. The predicted molar refractivity (Wildman–Crippen MR) is 96.1 cm³/mol. The molecule has 0 bridgehead atoms. The van der Waals surface area contributed by atoms with E-state index < -0.39 is 0 Å². The number of benzene rings is 2. The molecule has 0 spiro atoms. The highest BCUT2D eigenvalue weighted by molar-refractivity contribution is 5.95. The molecule has 1 atom stereocenters. The van der Waals surface area contributed by atoms with Gasteiger partial charge in [-0.15, -0.1) is 12.4 Å². The molecule has 4 nitrogen and oxygen atoms in total. The fourth-order valence-electron chi connectivity index (χ4n) is 2.35. The molecule has 0 radical (unpaired) electrons. The molecule has 0 fully saturated rings. The van der Waals surface area contributed by atoms with Gasteiger partial charge in [-0.05, 0) is 41.8 Å². The summed E-state index contributed by atoms with van der Waals surface area (Å²) in [4.78, 5) is 12.4. The molecule has 0 saturated heterocycles. The Morgan fingerprint density at radius 3 is 2.30 bits per heavy atom. The first-order chi connectivity index (χ1) is 10.5. The summed E-state index contributed by atoms with van der Waals surface area (Å²) in [5, 5.41) is 3.08. The van der Waals surface area contributed by atoms with Gasteiger partial charge in [-0.25, -0.2) is 0 Å². The van der Waals surface area contributed by atoms with E-state index in [1.54, 1.807) is 31.4 Å². The first-order valence-corrected chi connectivity index (χ1v) is 7.31. The normalized spacial score (nSPS) is 11.5. The van der Waals surface area contributed by atoms with Crippen LogP contribution in [0.2, 0.25) is 0 Å². The number of rotatable bonds is 5. The van der Waals surface area contributed by atoms with Crippen molar-refractivity contribution in [1.29, 1.82) is 0 Å². The maximum Gasteiger partial charge on any atom is 0.251 e. The Balaban J connectivity index is 0.00000264. The van der Waals surface area contributed by atoms with Crippen molar-refractivity contribution in [3.8, 4) is 5.75 Å². The molecule has 1 amide bonds. The van der Waals surface area contributed by atoms with Gasteiger partial charge in [0, 0.05) is 11.3 Å². The summed E-state index contributed by atoms with van der Waals surface area (Å²) in [5.74, 6) is 0.939. The lowest BCUT2D eigenvalue weighted by atomic mass is 9.95. The number of hydrogen-bond acceptors (Lipinski definition) is 3. The third-order valence-electron chi connectivity index (χ3n) is 3.58. The van der Waals surface area contributed by atoms with Gasteiger partial charge >= 0.3 is 0 Å². The number of amides is 1. The Hall–Kier alpha value is -2.20. The summed E-state index contributed by atoms with van der Waals surface area (Å²) in [6.45, 7) is 4.16. The van der Waals surface area contributed by atoms with E-state index in [9.17, 15) is 4.79 Å². The number of carbonyl (C=O) groups excluding carboxylic acids is 1. The smallest absolute Gasteiger partial charge is 0.251 e. The van der Waals surface area contributed by atoms with Gasteiger partial charge in [-0.2, -0.15) is 0 Å². The number of nitrogens with two attached hydrogens (primary N) is 1. The van der Waals surface area contributed by atoms with E-state index in [0.29, 0.717) is 11.3 Å². The van der Waals surface area contributed by atoms with Gasteiger partial charge in [0.2, 0.25) is 0 Å². The van der Waals surface area contributed by atoms with Crippen LogP contribution in [0, 0.1) is 5.92 Å². The maximum atomic E-state index is 12.4. The Morgan fingerprint density at radius 1 is 1.13 bits per heavy atom. The molecule has 0 aliphatic heterocycles. The van der Waals surface area contributed by atoms with Crippen LogP contribution >= 0.6 is 12.4 Å². The molecule has 3 N–H and O–H groups in total. The van der Waals surface area contributed by atoms with E-state index >= 15 is 0 Å². The Morgan fingerprint density at radius 2 is 1.78 bits per heavy atom. The number of hydrogen-bond donors (Lipinski definition) is 2. The summed E-state index contributed by atoms with van der Waals surface area (Å²) in [7, 11) is 1.64. The number of nitrogen functional groups attached to an aromatic ring is 1. The first-order valence-electron chi connectivity index (χ1n) is 7.31. The SMILES string of the molecule is COc1ccc(C(NC(=O)c2cccc(N)c2)C(C)C)cc1.Cl. The van der Waals surface area contributed by atoms with Gasteiger partial charge in [-0.1, -0.05) is 32.0 Å². The molecule has 23 heavy (non-hydrogen) atoms. The van der Waals surface area contributed by atoms with Crippen molar-refractivity contribution < 1.29 is 9.53 Å². The van der Waals surface area contributed by atoms with Gasteiger partial charge in [0.15, 0.2) is 0 Å². The standard InChI is InChI=1S/C18H22N2O2.ClH/c1-12(2)17(13-7-9-16(22-3)10-8-13)20-18(21)14-5-4-6-15(19)11-14;/h4-12,17H,19H2,1-3H3,(H,20,21);1H. The zero-order valence-electron chi connectivity index (χ0n) is 13.6. The lowest BCUT2D eigenvalue weighted by Gasteiger charge is -2.23. The van der Waals surface area contributed by atoms with Crippen LogP contribution in [-0.4, -0.2) is 13.0 Å². The van der Waals surface area contributed by atoms with Crippen LogP contribution < -0.4 is 15.8 Å². The van der Waals surface area contributed by atoms with Gasteiger partial charge < -0.3 is 15.8 Å². The Labute approximate surface area is 143 Å². The molecule has 2 rings (SSSR count). The zero-order chi connectivity index (χ0) is 16.1. The molecule has 0 saturated carbocycles. The van der Waals surface area contributed by atoms with E-state index in [2.05, 4.69) is 19.2 Å². The van der Waals surface area contributed by atoms with Crippen LogP contribution in [0.3, 0.4) is 0 Å². The number of methoxy groups -OCH3 is 1. The highest BCUT2D eigenvalue weighted by atomic mass is 35.5. The van der Waals surface area contributed by atoms with Gasteiger partial charge in [0.05, 0.1) is 13.2 Å². The van der Waals surface area contributed by atoms with Crippen molar-refractivity contribution in [2.75, 3.05) is 12.8 Å². The van der Waals surface area contributed by atoms with Gasteiger partial charge in [-0.3, -0.25) is 4.79 Å². The Bertz CT molecular complexity index is 642. The minimum Gasteiger partial charge on any atom is -0.497 e. The number of carbonyl (C=O) groups is 1. The molecule has 1 unspecified atom stereocenters. The third-order valence-corrected chi connectivity index (χ3v) is 3.58. The van der Waals surface area contributed by atoms with Crippen LogP contribution in [0.4, 0.5) is 5.69 Å². The molecule has 0 heterocycles. The summed E-state index contributed by atoms with van der Waals surface area (Å²) < 4.78 is 5.17. The molecule has 0 aliphatic carbocycles. The molecule has 0 aromatic heterocycles. The Kier molecular flexibility index (Phi) is 6.91. The van der Waals surface area contributed by atoms with Crippen LogP contribution in [0.15, 0.2) is 48.5 Å². The maximum absolute atomic E-state index is 12.4. The molecule has 2 aromatic carbocycles. The highest BCUT2D eigenvalue weighted by Gasteiger charge is 2.19. The van der Waals surface area contributed by atoms with Crippen molar-refractivity contribution >= 4 is 24.0 Å². The van der Waals surface area contributed by atoms with Gasteiger partial charge in [0.25, 0.3) is 5.91 Å². The van der Waals surface area contributed by atoms with E-state index in [1.165, 1.54) is 0 Å². The van der Waals surface area contributed by atoms with E-state index in [4.69, 9.17) is 10.5 Å². The van der Waals surface area contributed by atoms with Crippen molar-refractivity contribution in [1.82, 2.24) is 5.32 Å². The number of nitrogens with one attached hydrogen (secondary N) is 1. The van der Waals surface area contributed by atoms with E-state index in [1.807, 2.05) is 24.3 Å². The quantitative estimate of drug-likeness (QED) is 0.817. The zero-order valence-corrected chi connectivity index (χ0v) is 14.4. The number of ether oxygens (including phenoxy) is 1. The average molecular weight is 335 g/mol. The molecule has 124 valence electrons. The molecule has 5 heteroatoms. The topological polar surface area (TPSA) is 64.3 Å². The first kappa shape index (κ1) is 18.8. The van der Waals surface area contributed by atoms with Crippen LogP contribution in [0.5, 0.6) is 5.75 Å². The molecular formula is C18H23ClN2O2. The largest absolute Gasteiger partial charge is 0.497 e.